The lowest BCUT2D eigenvalue weighted by Crippen LogP contribution is -1.99. The Balaban J connectivity index is 2.34. The molecule has 0 fully saturated rings. The van der Waals surface area contributed by atoms with E-state index < -0.39 is 5.97 Å². The van der Waals surface area contributed by atoms with E-state index in [1.807, 2.05) is 42.5 Å². The monoisotopic (exact) mass is 289 g/mol. The second kappa shape index (κ2) is 7.61. The van der Waals surface area contributed by atoms with Crippen LogP contribution < -0.4 is 0 Å². The number of esters is 1. The van der Waals surface area contributed by atoms with Gasteiger partial charge in [-0.1, -0.05) is 61.2 Å². The Morgan fingerprint density at radius 2 is 1.95 bits per heavy atom. The average molecular weight is 289 g/mol. The summed E-state index contributed by atoms with van der Waals surface area (Å²) in [6.45, 7) is 3.64. The van der Waals surface area contributed by atoms with Crippen molar-refractivity contribution in [2.24, 2.45) is 0 Å². The smallest absolute Gasteiger partial charge is 0.331 e. The molecule has 3 heteroatoms. The van der Waals surface area contributed by atoms with Crippen molar-refractivity contribution in [1.82, 2.24) is 0 Å². The Kier molecular flexibility index (Phi) is 5.28. The van der Waals surface area contributed by atoms with Crippen molar-refractivity contribution >= 4 is 12.0 Å². The fourth-order valence-corrected chi connectivity index (χ4v) is 2.04. The molecule has 0 N–H and O–H groups in total. The SMILES string of the molecule is C=CCOC(=O)C=Cc1cccc(-c2ccccc2)c1C#N. The lowest BCUT2D eigenvalue weighted by Gasteiger charge is -2.07. The zero-order chi connectivity index (χ0) is 15.8. The van der Waals surface area contributed by atoms with Crippen LogP contribution in [0.25, 0.3) is 17.2 Å². The molecule has 3 nitrogen and oxygen atoms in total. The van der Waals surface area contributed by atoms with E-state index in [2.05, 4.69) is 12.6 Å². The molecule has 0 amide bonds. The van der Waals surface area contributed by atoms with E-state index in [1.165, 1.54) is 12.2 Å². The number of carbonyl (C=O) groups excluding carboxylic acids is 1. The quantitative estimate of drug-likeness (QED) is 0.475. The van der Waals surface area contributed by atoms with Crippen molar-refractivity contribution in [3.8, 4) is 17.2 Å². The molecule has 0 heterocycles. The van der Waals surface area contributed by atoms with Gasteiger partial charge in [0, 0.05) is 11.6 Å². The van der Waals surface area contributed by atoms with E-state index in [0.29, 0.717) is 11.1 Å². The Labute approximate surface area is 129 Å². The second-order valence-electron chi connectivity index (χ2n) is 4.50. The molecule has 0 spiro atoms. The predicted octanol–water partition coefficient (Wildman–Crippen LogP) is 3.97. The highest BCUT2D eigenvalue weighted by molar-refractivity contribution is 5.88. The van der Waals surface area contributed by atoms with Gasteiger partial charge in [-0.05, 0) is 17.2 Å². The third-order valence-electron chi connectivity index (χ3n) is 3.04. The van der Waals surface area contributed by atoms with Crippen LogP contribution in [0.4, 0.5) is 0 Å². The van der Waals surface area contributed by atoms with Gasteiger partial charge in [-0.2, -0.15) is 5.26 Å². The lowest BCUT2D eigenvalue weighted by atomic mass is 9.96. The van der Waals surface area contributed by atoms with Gasteiger partial charge in [-0.25, -0.2) is 4.79 Å². The van der Waals surface area contributed by atoms with E-state index >= 15 is 0 Å². The molecule has 0 aliphatic heterocycles. The van der Waals surface area contributed by atoms with Crippen molar-refractivity contribution < 1.29 is 9.53 Å². The number of nitrogens with zero attached hydrogens (tertiary/aromatic N) is 1. The summed E-state index contributed by atoms with van der Waals surface area (Å²) in [6, 6.07) is 17.4. The van der Waals surface area contributed by atoms with Crippen LogP contribution in [0, 0.1) is 11.3 Å². The molecule has 0 unspecified atom stereocenters. The van der Waals surface area contributed by atoms with Crippen LogP contribution in [0.2, 0.25) is 0 Å². The van der Waals surface area contributed by atoms with Crippen molar-refractivity contribution in [3.63, 3.8) is 0 Å². The van der Waals surface area contributed by atoms with Crippen LogP contribution in [0.5, 0.6) is 0 Å². The van der Waals surface area contributed by atoms with Gasteiger partial charge in [0.1, 0.15) is 12.7 Å². The fraction of sp³-hybridized carbons (Fsp3) is 0.0526. The number of hydrogen-bond acceptors (Lipinski definition) is 3. The standard InChI is InChI=1S/C19H15NO2/c1-2-13-22-19(21)12-11-16-9-6-10-17(18(16)14-20)15-7-4-3-5-8-15/h2-12H,1,13H2. The summed E-state index contributed by atoms with van der Waals surface area (Å²) in [7, 11) is 0. The molecular weight excluding hydrogens is 274 g/mol. The summed E-state index contributed by atoms with van der Waals surface area (Å²) in [5.74, 6) is -0.464. The average Bonchev–Trinajstić information content (AvgIpc) is 2.58. The zero-order valence-corrected chi connectivity index (χ0v) is 12.0. The van der Waals surface area contributed by atoms with Crippen molar-refractivity contribution in [2.45, 2.75) is 0 Å². The van der Waals surface area contributed by atoms with Crippen LogP contribution in [-0.4, -0.2) is 12.6 Å². The summed E-state index contributed by atoms with van der Waals surface area (Å²) < 4.78 is 4.87. The van der Waals surface area contributed by atoms with Crippen LogP contribution in [-0.2, 0) is 9.53 Å². The van der Waals surface area contributed by atoms with Crippen molar-refractivity contribution in [2.75, 3.05) is 6.61 Å². The summed E-state index contributed by atoms with van der Waals surface area (Å²) in [5, 5.41) is 9.45. The number of rotatable bonds is 5. The lowest BCUT2D eigenvalue weighted by molar-refractivity contribution is -0.136. The van der Waals surface area contributed by atoms with Crippen LogP contribution in [0.1, 0.15) is 11.1 Å². The molecule has 108 valence electrons. The van der Waals surface area contributed by atoms with E-state index in [9.17, 15) is 10.1 Å². The maximum absolute atomic E-state index is 11.5. The minimum absolute atomic E-state index is 0.165. The molecule has 2 rings (SSSR count). The number of carbonyl (C=O) groups is 1. The number of nitriles is 1. The van der Waals surface area contributed by atoms with Crippen molar-refractivity contribution in [3.05, 3.63) is 78.4 Å². The highest BCUT2D eigenvalue weighted by Crippen LogP contribution is 2.26. The van der Waals surface area contributed by atoms with Gasteiger partial charge in [0.25, 0.3) is 0 Å². The third kappa shape index (κ3) is 3.71. The fourth-order valence-electron chi connectivity index (χ4n) is 2.04. The van der Waals surface area contributed by atoms with Crippen LogP contribution in [0.3, 0.4) is 0 Å². The molecule has 0 atom stereocenters. The first kappa shape index (κ1) is 15.3. The highest BCUT2D eigenvalue weighted by Gasteiger charge is 2.08. The van der Waals surface area contributed by atoms with E-state index in [-0.39, 0.29) is 6.61 Å². The molecule has 0 saturated carbocycles. The highest BCUT2D eigenvalue weighted by atomic mass is 16.5. The van der Waals surface area contributed by atoms with Gasteiger partial charge in [-0.3, -0.25) is 0 Å². The largest absolute Gasteiger partial charge is 0.458 e. The molecular formula is C19H15NO2. The Hall–Kier alpha value is -3.12. The Bertz CT molecular complexity index is 740. The summed E-state index contributed by atoms with van der Waals surface area (Å²) in [6.07, 6.45) is 4.41. The van der Waals surface area contributed by atoms with Gasteiger partial charge >= 0.3 is 5.97 Å². The molecule has 22 heavy (non-hydrogen) atoms. The molecule has 2 aromatic carbocycles. The maximum Gasteiger partial charge on any atom is 0.331 e. The van der Waals surface area contributed by atoms with E-state index in [0.717, 1.165) is 11.1 Å². The minimum atomic E-state index is -0.464. The van der Waals surface area contributed by atoms with Crippen molar-refractivity contribution in [1.29, 1.82) is 5.26 Å². The summed E-state index contributed by atoms with van der Waals surface area (Å²) in [4.78, 5) is 11.5. The maximum atomic E-state index is 11.5. The third-order valence-corrected chi connectivity index (χ3v) is 3.04. The molecule has 0 aliphatic rings. The number of benzene rings is 2. The Morgan fingerprint density at radius 3 is 2.64 bits per heavy atom. The zero-order valence-electron chi connectivity index (χ0n) is 12.0. The first-order chi connectivity index (χ1) is 10.8. The van der Waals surface area contributed by atoms with E-state index in [4.69, 9.17) is 4.74 Å². The topological polar surface area (TPSA) is 50.1 Å². The van der Waals surface area contributed by atoms with Gasteiger partial charge in [0.05, 0.1) is 5.56 Å². The molecule has 0 radical (unpaired) electrons. The van der Waals surface area contributed by atoms with Crippen LogP contribution in [0.15, 0.2) is 67.3 Å². The van der Waals surface area contributed by atoms with Gasteiger partial charge in [0.15, 0.2) is 0 Å². The summed E-state index contributed by atoms with van der Waals surface area (Å²) in [5.41, 5.74) is 3.01. The first-order valence-corrected chi connectivity index (χ1v) is 6.80. The van der Waals surface area contributed by atoms with Gasteiger partial charge in [0.2, 0.25) is 0 Å². The molecule has 0 aromatic heterocycles. The molecule has 0 bridgehead atoms. The molecule has 2 aromatic rings. The van der Waals surface area contributed by atoms with Gasteiger partial charge in [-0.15, -0.1) is 0 Å². The second-order valence-corrected chi connectivity index (χ2v) is 4.50. The van der Waals surface area contributed by atoms with Gasteiger partial charge < -0.3 is 4.74 Å². The van der Waals surface area contributed by atoms with E-state index in [1.54, 1.807) is 12.1 Å². The molecule has 0 saturated heterocycles. The Morgan fingerprint density at radius 1 is 1.18 bits per heavy atom. The minimum Gasteiger partial charge on any atom is -0.458 e. The summed E-state index contributed by atoms with van der Waals surface area (Å²) >= 11 is 0. The molecule has 0 aliphatic carbocycles. The van der Waals surface area contributed by atoms with Crippen LogP contribution >= 0.6 is 0 Å². The number of ether oxygens (including phenoxy) is 1. The first-order valence-electron chi connectivity index (χ1n) is 6.80. The normalized spacial score (nSPS) is 10.1. The predicted molar refractivity (Wildman–Crippen MR) is 86.8 cm³/mol. The number of hydrogen-bond donors (Lipinski definition) is 0.